The van der Waals surface area contributed by atoms with Crippen molar-refractivity contribution in [1.29, 1.82) is 0 Å². The van der Waals surface area contributed by atoms with Gasteiger partial charge in [-0.3, -0.25) is 4.79 Å². The number of rotatable bonds is 3. The first kappa shape index (κ1) is 14.8. The molecule has 0 aromatic rings. The first-order valence-electron chi connectivity index (χ1n) is 4.98. The molecule has 0 heterocycles. The normalized spacial score (nSPS) is 26.0. The maximum absolute atomic E-state index is 11.3. The summed E-state index contributed by atoms with van der Waals surface area (Å²) in [4.78, 5) is 11.3. The van der Waals surface area contributed by atoms with Crippen LogP contribution in [0.15, 0.2) is 11.5 Å². The van der Waals surface area contributed by atoms with E-state index >= 15 is 0 Å². The van der Waals surface area contributed by atoms with Crippen molar-refractivity contribution < 1.29 is 4.79 Å². The van der Waals surface area contributed by atoms with Crippen LogP contribution in [-0.4, -0.2) is 24.2 Å². The SMILES string of the molecule is CS/C=C/C(=O)NC1CCC(N)CC1.Cl. The summed E-state index contributed by atoms with van der Waals surface area (Å²) in [6.45, 7) is 0. The summed E-state index contributed by atoms with van der Waals surface area (Å²) in [5.74, 6) is 0.0137. The van der Waals surface area contributed by atoms with E-state index < -0.39 is 0 Å². The van der Waals surface area contributed by atoms with Crippen LogP contribution in [0.3, 0.4) is 0 Å². The summed E-state index contributed by atoms with van der Waals surface area (Å²) in [6, 6.07) is 0.665. The van der Waals surface area contributed by atoms with Crippen LogP contribution in [0.4, 0.5) is 0 Å². The van der Waals surface area contributed by atoms with Gasteiger partial charge in [-0.05, 0) is 37.3 Å². The molecule has 0 atom stereocenters. The van der Waals surface area contributed by atoms with E-state index in [4.69, 9.17) is 5.73 Å². The molecule has 1 aliphatic rings. The lowest BCUT2D eigenvalue weighted by atomic mass is 9.92. The summed E-state index contributed by atoms with van der Waals surface area (Å²) in [7, 11) is 0. The molecule has 1 aliphatic carbocycles. The molecule has 88 valence electrons. The zero-order valence-electron chi connectivity index (χ0n) is 8.94. The fourth-order valence-electron chi connectivity index (χ4n) is 1.64. The number of thioether (sulfide) groups is 1. The van der Waals surface area contributed by atoms with Crippen LogP contribution < -0.4 is 11.1 Å². The van der Waals surface area contributed by atoms with Gasteiger partial charge in [0.05, 0.1) is 0 Å². The Morgan fingerprint density at radius 2 is 2.00 bits per heavy atom. The second-order valence-electron chi connectivity index (χ2n) is 3.66. The molecule has 0 aromatic carbocycles. The Morgan fingerprint density at radius 3 is 2.53 bits per heavy atom. The van der Waals surface area contributed by atoms with Gasteiger partial charge in [0, 0.05) is 18.2 Å². The molecule has 0 spiro atoms. The molecule has 5 heteroatoms. The van der Waals surface area contributed by atoms with Gasteiger partial charge in [-0.15, -0.1) is 24.2 Å². The second-order valence-corrected chi connectivity index (χ2v) is 4.40. The van der Waals surface area contributed by atoms with E-state index in [9.17, 15) is 4.79 Å². The Hall–Kier alpha value is -0.190. The first-order chi connectivity index (χ1) is 6.72. The lowest BCUT2D eigenvalue weighted by Crippen LogP contribution is -2.39. The smallest absolute Gasteiger partial charge is 0.244 e. The monoisotopic (exact) mass is 250 g/mol. The van der Waals surface area contributed by atoms with Gasteiger partial charge in [0.15, 0.2) is 0 Å². The van der Waals surface area contributed by atoms with E-state index in [1.807, 2.05) is 6.26 Å². The zero-order valence-corrected chi connectivity index (χ0v) is 10.6. The average Bonchev–Trinajstić information content (AvgIpc) is 2.18. The van der Waals surface area contributed by atoms with Crippen LogP contribution in [-0.2, 0) is 4.79 Å². The molecule has 0 unspecified atom stereocenters. The van der Waals surface area contributed by atoms with Crippen LogP contribution in [0.5, 0.6) is 0 Å². The molecule has 3 N–H and O–H groups in total. The van der Waals surface area contributed by atoms with Gasteiger partial charge in [-0.2, -0.15) is 0 Å². The van der Waals surface area contributed by atoms with Gasteiger partial charge in [-0.1, -0.05) is 0 Å². The molecule has 0 radical (unpaired) electrons. The minimum absolute atomic E-state index is 0. The summed E-state index contributed by atoms with van der Waals surface area (Å²) in [5.41, 5.74) is 5.78. The Kier molecular flexibility index (Phi) is 7.92. The highest BCUT2D eigenvalue weighted by atomic mass is 35.5. The van der Waals surface area contributed by atoms with Crippen molar-refractivity contribution in [3.05, 3.63) is 11.5 Å². The predicted octanol–water partition coefficient (Wildman–Crippen LogP) is 1.67. The molecule has 1 rings (SSSR count). The van der Waals surface area contributed by atoms with E-state index in [0.717, 1.165) is 25.7 Å². The van der Waals surface area contributed by atoms with Crippen molar-refractivity contribution in [1.82, 2.24) is 5.32 Å². The Balaban J connectivity index is 0.00000196. The number of hydrogen-bond donors (Lipinski definition) is 2. The third kappa shape index (κ3) is 6.07. The fourth-order valence-corrected chi connectivity index (χ4v) is 1.90. The predicted molar refractivity (Wildman–Crippen MR) is 68.3 cm³/mol. The summed E-state index contributed by atoms with van der Waals surface area (Å²) in [6.07, 6.45) is 7.59. The van der Waals surface area contributed by atoms with Crippen LogP contribution in [0.1, 0.15) is 25.7 Å². The second kappa shape index (κ2) is 8.02. The number of carbonyl (C=O) groups excluding carboxylic acids is 1. The quantitative estimate of drug-likeness (QED) is 0.750. The van der Waals surface area contributed by atoms with Gasteiger partial charge < -0.3 is 11.1 Å². The highest BCUT2D eigenvalue weighted by Gasteiger charge is 2.18. The minimum Gasteiger partial charge on any atom is -0.350 e. The van der Waals surface area contributed by atoms with Gasteiger partial charge in [-0.25, -0.2) is 0 Å². The van der Waals surface area contributed by atoms with Crippen LogP contribution in [0.2, 0.25) is 0 Å². The van der Waals surface area contributed by atoms with Gasteiger partial charge in [0.1, 0.15) is 0 Å². The zero-order chi connectivity index (χ0) is 10.4. The number of halogens is 1. The van der Waals surface area contributed by atoms with E-state index in [2.05, 4.69) is 5.32 Å². The highest BCUT2D eigenvalue weighted by Crippen LogP contribution is 2.16. The standard InChI is InChI=1S/C10H18N2OS.ClH/c1-14-7-6-10(13)12-9-4-2-8(11)3-5-9;/h6-9H,2-5,11H2,1H3,(H,12,13);1H/b7-6+;. The number of nitrogens with two attached hydrogens (primary N) is 1. The van der Waals surface area contributed by atoms with Crippen molar-refractivity contribution in [3.63, 3.8) is 0 Å². The molecule has 1 amide bonds. The van der Waals surface area contributed by atoms with Crippen molar-refractivity contribution in [2.24, 2.45) is 5.73 Å². The first-order valence-corrected chi connectivity index (χ1v) is 6.26. The fraction of sp³-hybridized carbons (Fsp3) is 0.700. The molecule has 3 nitrogen and oxygen atoms in total. The maximum atomic E-state index is 11.3. The third-order valence-corrected chi connectivity index (χ3v) is 2.88. The third-order valence-electron chi connectivity index (χ3n) is 2.47. The molecule has 15 heavy (non-hydrogen) atoms. The maximum Gasteiger partial charge on any atom is 0.244 e. The van der Waals surface area contributed by atoms with Crippen LogP contribution >= 0.6 is 24.2 Å². The molecular formula is C10H19ClN2OS. The molecule has 0 saturated heterocycles. The molecule has 0 bridgehead atoms. The van der Waals surface area contributed by atoms with E-state index in [-0.39, 0.29) is 18.3 Å². The Morgan fingerprint density at radius 1 is 1.40 bits per heavy atom. The van der Waals surface area contributed by atoms with Crippen molar-refractivity contribution in [2.75, 3.05) is 6.26 Å². The van der Waals surface area contributed by atoms with Crippen LogP contribution in [0.25, 0.3) is 0 Å². The molecule has 0 aromatic heterocycles. The molecular weight excluding hydrogens is 232 g/mol. The van der Waals surface area contributed by atoms with E-state index in [1.165, 1.54) is 11.8 Å². The number of nitrogens with one attached hydrogen (secondary N) is 1. The van der Waals surface area contributed by atoms with E-state index in [0.29, 0.717) is 12.1 Å². The van der Waals surface area contributed by atoms with Gasteiger partial charge in [0.25, 0.3) is 0 Å². The van der Waals surface area contributed by atoms with Gasteiger partial charge in [0.2, 0.25) is 5.91 Å². The average molecular weight is 251 g/mol. The molecule has 1 saturated carbocycles. The highest BCUT2D eigenvalue weighted by molar-refractivity contribution is 8.01. The summed E-state index contributed by atoms with van der Waals surface area (Å²) in [5, 5.41) is 4.78. The van der Waals surface area contributed by atoms with Crippen molar-refractivity contribution >= 4 is 30.1 Å². The number of amides is 1. The Labute approximate surface area is 102 Å². The summed E-state index contributed by atoms with van der Waals surface area (Å²) < 4.78 is 0. The van der Waals surface area contributed by atoms with E-state index in [1.54, 1.807) is 11.5 Å². The van der Waals surface area contributed by atoms with Gasteiger partial charge >= 0.3 is 0 Å². The largest absolute Gasteiger partial charge is 0.350 e. The summed E-state index contributed by atoms with van der Waals surface area (Å²) >= 11 is 1.53. The number of hydrogen-bond acceptors (Lipinski definition) is 3. The Bertz CT molecular complexity index is 215. The number of carbonyl (C=O) groups is 1. The lowest BCUT2D eigenvalue weighted by Gasteiger charge is -2.26. The lowest BCUT2D eigenvalue weighted by molar-refractivity contribution is -0.117. The van der Waals surface area contributed by atoms with Crippen LogP contribution in [0, 0.1) is 0 Å². The van der Waals surface area contributed by atoms with Crippen molar-refractivity contribution in [3.8, 4) is 0 Å². The topological polar surface area (TPSA) is 55.1 Å². The molecule has 1 fully saturated rings. The molecule has 0 aliphatic heterocycles. The minimum atomic E-state index is 0. The van der Waals surface area contributed by atoms with Crippen molar-refractivity contribution in [2.45, 2.75) is 37.8 Å².